The van der Waals surface area contributed by atoms with Crippen LogP contribution in [0.15, 0.2) is 36.4 Å². The highest BCUT2D eigenvalue weighted by Crippen LogP contribution is 2.24. The summed E-state index contributed by atoms with van der Waals surface area (Å²) in [6.07, 6.45) is -4.87. The van der Waals surface area contributed by atoms with Crippen molar-refractivity contribution in [2.75, 3.05) is 6.61 Å². The number of hydrogen-bond donors (Lipinski definition) is 2. The van der Waals surface area contributed by atoms with Crippen LogP contribution in [0.3, 0.4) is 0 Å². The summed E-state index contributed by atoms with van der Waals surface area (Å²) in [5.74, 6) is -2.35. The molecule has 1 heterocycles. The lowest BCUT2D eigenvalue weighted by Crippen LogP contribution is -2.49. The molecule has 0 aromatic heterocycles. The largest absolute Gasteiger partial charge is 0.573 e. The number of halogens is 4. The normalized spacial score (nSPS) is 14.9. The number of hydrogen-bond acceptors (Lipinski definition) is 6. The molecule has 0 fully saturated rings. The summed E-state index contributed by atoms with van der Waals surface area (Å²) in [4.78, 5) is 12.4. The van der Waals surface area contributed by atoms with Crippen molar-refractivity contribution in [2.24, 2.45) is 0 Å². The maximum atomic E-state index is 14.6. The van der Waals surface area contributed by atoms with E-state index in [-0.39, 0.29) is 23.4 Å². The molecule has 0 bridgehead atoms. The van der Waals surface area contributed by atoms with E-state index in [9.17, 15) is 32.6 Å². The number of benzene rings is 2. The topological polar surface area (TPSA) is 101 Å². The number of nitrogens with zero attached hydrogens (tertiary/aromatic N) is 1. The van der Waals surface area contributed by atoms with Gasteiger partial charge in [-0.05, 0) is 42.8 Å². The maximum absolute atomic E-state index is 14.6. The van der Waals surface area contributed by atoms with Crippen LogP contribution in [0.2, 0.25) is 0 Å². The van der Waals surface area contributed by atoms with Crippen LogP contribution in [-0.2, 0) is 11.3 Å². The first-order valence-electron chi connectivity index (χ1n) is 8.85. The minimum Gasteiger partial charge on any atom is -0.487 e. The first kappa shape index (κ1) is 22.4. The van der Waals surface area contributed by atoms with E-state index in [1.807, 2.05) is 6.07 Å². The van der Waals surface area contributed by atoms with E-state index in [0.717, 1.165) is 24.3 Å². The molecule has 1 amide bonds. The second-order valence-electron chi connectivity index (χ2n) is 6.87. The molecule has 1 aliphatic rings. The standard InChI is InChI=1S/C19H15BF4N2O5/c1-18(9-25,10-29-14-7-4-12-8-30-20(28)15(12)16(14)21)26-17(27)11-2-5-13(6-3-11)31-19(22,23)24/h2-7,28H,8,10H2,1H3,(H,26,27). The van der Waals surface area contributed by atoms with Gasteiger partial charge >= 0.3 is 13.5 Å². The molecule has 7 nitrogen and oxygen atoms in total. The summed E-state index contributed by atoms with van der Waals surface area (Å²) in [5.41, 5.74) is -1.22. The third-order valence-corrected chi connectivity index (χ3v) is 4.38. The van der Waals surface area contributed by atoms with Gasteiger partial charge in [0.15, 0.2) is 17.1 Å². The average molecular weight is 438 g/mol. The summed E-state index contributed by atoms with van der Waals surface area (Å²) in [6.45, 7) is 0.929. The first-order valence-corrected chi connectivity index (χ1v) is 8.85. The van der Waals surface area contributed by atoms with E-state index < -0.39 is 43.1 Å². The highest BCUT2D eigenvalue weighted by molar-refractivity contribution is 6.61. The number of alkyl halides is 3. The number of fused-ring (bicyclic) bond motifs is 1. The van der Waals surface area contributed by atoms with Gasteiger partial charge in [-0.1, -0.05) is 6.07 Å². The van der Waals surface area contributed by atoms with Crippen LogP contribution >= 0.6 is 0 Å². The third kappa shape index (κ3) is 5.25. The van der Waals surface area contributed by atoms with Gasteiger partial charge in [0.1, 0.15) is 12.4 Å². The van der Waals surface area contributed by atoms with Crippen LogP contribution in [0.5, 0.6) is 11.5 Å². The van der Waals surface area contributed by atoms with Crippen molar-refractivity contribution in [1.29, 1.82) is 5.26 Å². The van der Waals surface area contributed by atoms with E-state index in [4.69, 9.17) is 9.39 Å². The van der Waals surface area contributed by atoms with Crippen LogP contribution in [0.25, 0.3) is 0 Å². The Balaban J connectivity index is 1.67. The fourth-order valence-corrected chi connectivity index (χ4v) is 2.82. The molecule has 2 aromatic rings. The summed E-state index contributed by atoms with van der Waals surface area (Å²) >= 11 is 0. The Bertz CT molecular complexity index is 1030. The van der Waals surface area contributed by atoms with Gasteiger partial charge in [0.2, 0.25) is 0 Å². The number of carbonyl (C=O) groups excluding carboxylic acids is 1. The molecule has 3 rings (SSSR count). The van der Waals surface area contributed by atoms with E-state index in [2.05, 4.69) is 10.1 Å². The zero-order valence-corrected chi connectivity index (χ0v) is 16.0. The molecular formula is C19H15BF4N2O5. The monoisotopic (exact) mass is 438 g/mol. The Hall–Kier alpha value is -3.30. The van der Waals surface area contributed by atoms with Crippen LogP contribution in [-0.4, -0.2) is 36.6 Å². The molecule has 162 valence electrons. The Labute approximate surface area is 174 Å². The summed E-state index contributed by atoms with van der Waals surface area (Å²) < 4.78 is 65.2. The zero-order chi connectivity index (χ0) is 22.8. The second-order valence-corrected chi connectivity index (χ2v) is 6.87. The molecule has 0 radical (unpaired) electrons. The fraction of sp³-hybridized carbons (Fsp3) is 0.263. The smallest absolute Gasteiger partial charge is 0.487 e. The van der Waals surface area contributed by atoms with E-state index >= 15 is 0 Å². The number of nitrogens with one attached hydrogen (secondary N) is 1. The number of amides is 1. The van der Waals surface area contributed by atoms with Crippen molar-refractivity contribution in [3.63, 3.8) is 0 Å². The van der Waals surface area contributed by atoms with Crippen LogP contribution < -0.4 is 20.3 Å². The minimum atomic E-state index is -4.87. The highest BCUT2D eigenvalue weighted by atomic mass is 19.4. The number of rotatable bonds is 6. The molecule has 0 saturated heterocycles. The Kier molecular flexibility index (Phi) is 6.10. The van der Waals surface area contributed by atoms with Gasteiger partial charge in [-0.3, -0.25) is 4.79 Å². The average Bonchev–Trinajstić information content (AvgIpc) is 3.08. The van der Waals surface area contributed by atoms with Crippen molar-refractivity contribution < 1.29 is 41.5 Å². The molecule has 31 heavy (non-hydrogen) atoms. The summed E-state index contributed by atoms with van der Waals surface area (Å²) in [5, 5.41) is 21.5. The third-order valence-electron chi connectivity index (χ3n) is 4.38. The molecule has 12 heteroatoms. The Morgan fingerprint density at radius 1 is 1.29 bits per heavy atom. The van der Waals surface area contributed by atoms with Gasteiger partial charge in [-0.25, -0.2) is 4.39 Å². The highest BCUT2D eigenvalue weighted by Gasteiger charge is 2.34. The van der Waals surface area contributed by atoms with Crippen LogP contribution in [0.1, 0.15) is 22.8 Å². The van der Waals surface area contributed by atoms with Gasteiger partial charge in [0.25, 0.3) is 5.91 Å². The predicted octanol–water partition coefficient (Wildman–Crippen LogP) is 2.03. The zero-order valence-electron chi connectivity index (χ0n) is 16.0. The second kappa shape index (κ2) is 8.45. The molecule has 2 N–H and O–H groups in total. The van der Waals surface area contributed by atoms with Crippen molar-refractivity contribution in [3.05, 3.63) is 53.3 Å². The lowest BCUT2D eigenvalue weighted by atomic mass is 9.79. The Morgan fingerprint density at radius 2 is 1.97 bits per heavy atom. The Morgan fingerprint density at radius 3 is 2.58 bits per heavy atom. The van der Waals surface area contributed by atoms with E-state index in [0.29, 0.717) is 5.56 Å². The summed E-state index contributed by atoms with van der Waals surface area (Å²) in [6, 6.07) is 8.77. The van der Waals surface area contributed by atoms with Gasteiger partial charge in [0.05, 0.1) is 12.7 Å². The fourth-order valence-electron chi connectivity index (χ4n) is 2.82. The molecule has 0 spiro atoms. The van der Waals surface area contributed by atoms with Crippen LogP contribution in [0, 0.1) is 17.1 Å². The lowest BCUT2D eigenvalue weighted by Gasteiger charge is -2.24. The molecule has 1 aliphatic heterocycles. The molecule has 1 unspecified atom stereocenters. The molecular weight excluding hydrogens is 423 g/mol. The summed E-state index contributed by atoms with van der Waals surface area (Å²) in [7, 11) is -1.43. The number of carbonyl (C=O) groups is 1. The molecule has 0 aliphatic carbocycles. The van der Waals surface area contributed by atoms with E-state index in [1.54, 1.807) is 0 Å². The van der Waals surface area contributed by atoms with Gasteiger partial charge in [-0.2, -0.15) is 5.26 Å². The minimum absolute atomic E-state index is 0.0278. The molecule has 0 saturated carbocycles. The quantitative estimate of drug-likeness (QED) is 0.529. The van der Waals surface area contributed by atoms with Crippen molar-refractivity contribution in [3.8, 4) is 17.6 Å². The molecule has 2 aromatic carbocycles. The van der Waals surface area contributed by atoms with Crippen LogP contribution in [0.4, 0.5) is 17.6 Å². The van der Waals surface area contributed by atoms with Gasteiger partial charge in [0, 0.05) is 11.0 Å². The van der Waals surface area contributed by atoms with E-state index in [1.165, 1.54) is 19.1 Å². The van der Waals surface area contributed by atoms with Crippen molar-refractivity contribution in [2.45, 2.75) is 25.4 Å². The number of nitriles is 1. The van der Waals surface area contributed by atoms with Gasteiger partial charge < -0.3 is 24.5 Å². The number of ether oxygens (including phenoxy) is 2. The lowest BCUT2D eigenvalue weighted by molar-refractivity contribution is -0.274. The maximum Gasteiger partial charge on any atom is 0.573 e. The SMILES string of the molecule is CC(C#N)(COc1ccc2c(c1F)B(O)OC2)NC(=O)c1ccc(OC(F)(F)F)cc1. The first-order chi connectivity index (χ1) is 14.5. The predicted molar refractivity (Wildman–Crippen MR) is 98.9 cm³/mol. The van der Waals surface area contributed by atoms with Crippen molar-refractivity contribution >= 4 is 18.5 Å². The van der Waals surface area contributed by atoms with Crippen molar-refractivity contribution in [1.82, 2.24) is 5.32 Å². The molecule has 1 atom stereocenters. The van der Waals surface area contributed by atoms with Gasteiger partial charge in [-0.15, -0.1) is 13.2 Å².